The topological polar surface area (TPSA) is 122 Å². The van der Waals surface area contributed by atoms with Crippen molar-refractivity contribution >= 4 is 39.2 Å². The van der Waals surface area contributed by atoms with Gasteiger partial charge in [-0.15, -0.1) is 0 Å². The molecule has 0 spiro atoms. The lowest BCUT2D eigenvalue weighted by atomic mass is 9.82. The molecule has 142 valence electrons. The minimum absolute atomic E-state index is 0.0170. The summed E-state index contributed by atoms with van der Waals surface area (Å²) in [5.74, 6) is -1.13. The van der Waals surface area contributed by atoms with E-state index < -0.39 is 16.0 Å². The Balaban J connectivity index is 1.67. The zero-order valence-electron chi connectivity index (χ0n) is 13.8. The first-order valence-electron chi connectivity index (χ1n) is 8.25. The van der Waals surface area contributed by atoms with Crippen molar-refractivity contribution in [2.45, 2.75) is 30.6 Å². The van der Waals surface area contributed by atoms with Gasteiger partial charge in [0.1, 0.15) is 10.6 Å². The number of benzene rings is 1. The molecule has 1 aliphatic heterocycles. The first-order valence-corrected chi connectivity index (χ1v) is 10.1. The molecule has 1 heterocycles. The number of rotatable bonds is 5. The number of aliphatic carboxylic acids is 1. The lowest BCUT2D eigenvalue weighted by Gasteiger charge is -2.26. The number of carbonyl (C=O) groups excluding carboxylic acids is 1. The first kappa shape index (κ1) is 18.9. The summed E-state index contributed by atoms with van der Waals surface area (Å²) in [6, 6.07) is 2.64. The molecule has 0 radical (unpaired) electrons. The highest BCUT2D eigenvalue weighted by molar-refractivity contribution is 7.89. The molecule has 8 nitrogen and oxygen atoms in total. The van der Waals surface area contributed by atoms with Crippen LogP contribution in [0.1, 0.15) is 25.7 Å². The second-order valence-corrected chi connectivity index (χ2v) is 8.67. The summed E-state index contributed by atoms with van der Waals surface area (Å²) < 4.78 is 33.0. The number of ether oxygens (including phenoxy) is 1. The normalized spacial score (nSPS) is 22.9. The van der Waals surface area contributed by atoms with E-state index in [-0.39, 0.29) is 46.6 Å². The predicted octanol–water partition coefficient (Wildman–Crippen LogP) is 1.84. The van der Waals surface area contributed by atoms with Crippen LogP contribution in [0.5, 0.6) is 5.75 Å². The molecule has 0 bridgehead atoms. The van der Waals surface area contributed by atoms with Gasteiger partial charge in [0, 0.05) is 12.6 Å². The second kappa shape index (κ2) is 7.42. The number of halogens is 1. The largest absolute Gasteiger partial charge is 0.482 e. The monoisotopic (exact) mass is 402 g/mol. The van der Waals surface area contributed by atoms with Crippen molar-refractivity contribution in [3.05, 3.63) is 17.2 Å². The molecule has 3 rings (SSSR count). The van der Waals surface area contributed by atoms with Crippen LogP contribution in [0.3, 0.4) is 0 Å². The third kappa shape index (κ3) is 4.11. The number of carboxylic acids is 1. The van der Waals surface area contributed by atoms with Crippen molar-refractivity contribution < 1.29 is 27.9 Å². The van der Waals surface area contributed by atoms with Gasteiger partial charge in [-0.05, 0) is 37.7 Å². The van der Waals surface area contributed by atoms with Gasteiger partial charge in [-0.3, -0.25) is 9.59 Å². The van der Waals surface area contributed by atoms with Crippen molar-refractivity contribution in [1.82, 2.24) is 4.72 Å². The van der Waals surface area contributed by atoms with Crippen LogP contribution in [0.2, 0.25) is 5.02 Å². The number of sulfonamides is 1. The Labute approximate surface area is 155 Å². The lowest BCUT2D eigenvalue weighted by Crippen LogP contribution is -2.33. The quantitative estimate of drug-likeness (QED) is 0.690. The molecule has 1 fully saturated rings. The summed E-state index contributed by atoms with van der Waals surface area (Å²) in [6.45, 7) is 0.0358. The maximum absolute atomic E-state index is 12.6. The van der Waals surface area contributed by atoms with Gasteiger partial charge in [-0.2, -0.15) is 0 Å². The Hall–Kier alpha value is -1.84. The van der Waals surface area contributed by atoms with Gasteiger partial charge in [0.25, 0.3) is 5.91 Å². The summed E-state index contributed by atoms with van der Waals surface area (Å²) >= 11 is 6.08. The third-order valence-corrected chi connectivity index (χ3v) is 6.60. The Morgan fingerprint density at radius 2 is 2.00 bits per heavy atom. The van der Waals surface area contributed by atoms with E-state index in [4.69, 9.17) is 21.4 Å². The van der Waals surface area contributed by atoms with Gasteiger partial charge in [0.05, 0.1) is 16.6 Å². The summed E-state index contributed by atoms with van der Waals surface area (Å²) in [4.78, 5) is 22.2. The van der Waals surface area contributed by atoms with Gasteiger partial charge in [0.2, 0.25) is 10.0 Å². The highest BCUT2D eigenvalue weighted by atomic mass is 35.5. The highest BCUT2D eigenvalue weighted by Gasteiger charge is 2.28. The first-order chi connectivity index (χ1) is 12.3. The van der Waals surface area contributed by atoms with Gasteiger partial charge in [0.15, 0.2) is 6.61 Å². The third-order valence-electron chi connectivity index (χ3n) is 4.71. The zero-order valence-corrected chi connectivity index (χ0v) is 15.4. The van der Waals surface area contributed by atoms with E-state index >= 15 is 0 Å². The molecule has 0 unspecified atom stereocenters. The van der Waals surface area contributed by atoms with Crippen LogP contribution in [0.15, 0.2) is 17.0 Å². The summed E-state index contributed by atoms with van der Waals surface area (Å²) in [5.41, 5.74) is 0.331. The van der Waals surface area contributed by atoms with Gasteiger partial charge < -0.3 is 15.2 Å². The molecule has 1 amide bonds. The molecular formula is C16H19ClN2O6S. The minimum atomic E-state index is -3.86. The second-order valence-electron chi connectivity index (χ2n) is 6.52. The fourth-order valence-corrected chi connectivity index (χ4v) is 4.86. The van der Waals surface area contributed by atoms with Crippen molar-refractivity contribution in [3.63, 3.8) is 0 Å². The zero-order chi connectivity index (χ0) is 18.9. The Bertz CT molecular complexity index is 833. The number of nitrogens with one attached hydrogen (secondary N) is 2. The fourth-order valence-electron chi connectivity index (χ4n) is 3.21. The molecular weight excluding hydrogens is 384 g/mol. The SMILES string of the molecule is O=C1COc2cc(S(=O)(=O)NCC3CCC(C(=O)O)CC3)c(Cl)cc2N1. The van der Waals surface area contributed by atoms with Crippen LogP contribution >= 0.6 is 11.6 Å². The predicted molar refractivity (Wildman–Crippen MR) is 93.8 cm³/mol. The Morgan fingerprint density at radius 1 is 1.31 bits per heavy atom. The molecule has 10 heteroatoms. The average Bonchev–Trinajstić information content (AvgIpc) is 2.59. The molecule has 0 atom stereocenters. The molecule has 0 saturated heterocycles. The van der Waals surface area contributed by atoms with E-state index in [2.05, 4.69) is 10.0 Å². The number of hydrogen-bond donors (Lipinski definition) is 3. The molecule has 26 heavy (non-hydrogen) atoms. The summed E-state index contributed by atoms with van der Waals surface area (Å²) in [7, 11) is -3.86. The Kier molecular flexibility index (Phi) is 5.40. The fraction of sp³-hybridized carbons (Fsp3) is 0.500. The van der Waals surface area contributed by atoms with Crippen molar-refractivity contribution in [3.8, 4) is 5.75 Å². The van der Waals surface area contributed by atoms with Crippen LogP contribution in [0.4, 0.5) is 5.69 Å². The van der Waals surface area contributed by atoms with Crippen molar-refractivity contribution in [2.75, 3.05) is 18.5 Å². The van der Waals surface area contributed by atoms with Gasteiger partial charge in [-0.1, -0.05) is 11.6 Å². The van der Waals surface area contributed by atoms with E-state index in [1.807, 2.05) is 0 Å². The lowest BCUT2D eigenvalue weighted by molar-refractivity contribution is -0.143. The van der Waals surface area contributed by atoms with E-state index in [1.165, 1.54) is 12.1 Å². The Morgan fingerprint density at radius 3 is 2.65 bits per heavy atom. The number of anilines is 1. The van der Waals surface area contributed by atoms with E-state index in [0.717, 1.165) is 0 Å². The van der Waals surface area contributed by atoms with Crippen molar-refractivity contribution in [1.29, 1.82) is 0 Å². The molecule has 3 N–H and O–H groups in total. The van der Waals surface area contributed by atoms with Gasteiger partial charge >= 0.3 is 5.97 Å². The van der Waals surface area contributed by atoms with E-state index in [1.54, 1.807) is 0 Å². The van der Waals surface area contributed by atoms with Crippen molar-refractivity contribution in [2.24, 2.45) is 11.8 Å². The maximum atomic E-state index is 12.6. The number of hydrogen-bond acceptors (Lipinski definition) is 5. The van der Waals surface area contributed by atoms with Crippen LogP contribution < -0.4 is 14.8 Å². The average molecular weight is 403 g/mol. The molecule has 1 aliphatic carbocycles. The summed E-state index contributed by atoms with van der Waals surface area (Å²) in [5, 5.41) is 11.6. The highest BCUT2D eigenvalue weighted by Crippen LogP contribution is 2.36. The van der Waals surface area contributed by atoms with Crippen LogP contribution in [0, 0.1) is 11.8 Å². The van der Waals surface area contributed by atoms with E-state index in [9.17, 15) is 18.0 Å². The number of amides is 1. The number of carboxylic acid groups (broad SMARTS) is 1. The minimum Gasteiger partial charge on any atom is -0.482 e. The van der Waals surface area contributed by atoms with Crippen LogP contribution in [-0.2, 0) is 19.6 Å². The maximum Gasteiger partial charge on any atom is 0.306 e. The molecule has 2 aliphatic rings. The number of carbonyl (C=O) groups is 2. The molecule has 1 saturated carbocycles. The standard InChI is InChI=1S/C16H19ClN2O6S/c17-11-5-12-13(25-8-15(20)19-12)6-14(11)26(23,24)18-7-9-1-3-10(4-2-9)16(21)22/h5-6,9-10,18H,1-4,7-8H2,(H,19,20)(H,21,22). The van der Waals surface area contributed by atoms with Crippen LogP contribution in [-0.4, -0.2) is 38.6 Å². The smallest absolute Gasteiger partial charge is 0.306 e. The molecule has 1 aromatic rings. The number of fused-ring (bicyclic) bond motifs is 1. The molecule has 0 aromatic heterocycles. The van der Waals surface area contributed by atoms with Gasteiger partial charge in [-0.25, -0.2) is 13.1 Å². The summed E-state index contributed by atoms with van der Waals surface area (Å²) in [6.07, 6.45) is 2.42. The van der Waals surface area contributed by atoms with Crippen LogP contribution in [0.25, 0.3) is 0 Å². The van der Waals surface area contributed by atoms with E-state index in [0.29, 0.717) is 31.4 Å². The molecule has 1 aromatic carbocycles.